The van der Waals surface area contributed by atoms with Crippen LogP contribution < -0.4 is 4.90 Å². The molecule has 0 unspecified atom stereocenters. The fourth-order valence-corrected chi connectivity index (χ4v) is 7.27. The lowest BCUT2D eigenvalue weighted by Gasteiger charge is -2.27. The molecule has 1 aromatic heterocycles. The monoisotopic (exact) mass is 438 g/mol. The van der Waals surface area contributed by atoms with Crippen LogP contribution in [0.25, 0.3) is 0 Å². The molecule has 10 heteroatoms. The van der Waals surface area contributed by atoms with Crippen LogP contribution in [0.2, 0.25) is 0 Å². The third-order valence-corrected chi connectivity index (χ3v) is 9.00. The Morgan fingerprint density at radius 3 is 2.48 bits per heavy atom. The SMILES string of the molecule is O=C1CCCN1c1ccc(S(=O)(=O)N(Cc2ccco2)[C@H]2CCS(=O)(=O)C2)cc1. The van der Waals surface area contributed by atoms with Gasteiger partial charge in [-0.1, -0.05) is 0 Å². The smallest absolute Gasteiger partial charge is 0.243 e. The van der Waals surface area contributed by atoms with Crippen molar-refractivity contribution in [3.63, 3.8) is 0 Å². The molecule has 0 N–H and O–H groups in total. The van der Waals surface area contributed by atoms with E-state index in [4.69, 9.17) is 4.42 Å². The number of carbonyl (C=O) groups is 1. The van der Waals surface area contributed by atoms with E-state index in [1.807, 2.05) is 0 Å². The molecule has 1 atom stereocenters. The van der Waals surface area contributed by atoms with Gasteiger partial charge >= 0.3 is 0 Å². The van der Waals surface area contributed by atoms with E-state index in [0.29, 0.717) is 24.4 Å². The Kier molecular flexibility index (Phi) is 5.26. The Balaban J connectivity index is 1.64. The first-order valence-electron chi connectivity index (χ1n) is 9.41. The van der Waals surface area contributed by atoms with Gasteiger partial charge in [-0.2, -0.15) is 4.31 Å². The van der Waals surface area contributed by atoms with E-state index in [9.17, 15) is 21.6 Å². The zero-order valence-electron chi connectivity index (χ0n) is 15.7. The van der Waals surface area contributed by atoms with Crippen molar-refractivity contribution in [1.82, 2.24) is 4.31 Å². The number of rotatable bonds is 6. The highest BCUT2D eigenvalue weighted by atomic mass is 32.2. The van der Waals surface area contributed by atoms with Gasteiger partial charge in [0.1, 0.15) is 5.76 Å². The zero-order chi connectivity index (χ0) is 20.6. The third kappa shape index (κ3) is 4.10. The first-order chi connectivity index (χ1) is 13.8. The lowest BCUT2D eigenvalue weighted by atomic mass is 10.2. The quantitative estimate of drug-likeness (QED) is 0.681. The second-order valence-corrected chi connectivity index (χ2v) is 11.4. The summed E-state index contributed by atoms with van der Waals surface area (Å²) >= 11 is 0. The largest absolute Gasteiger partial charge is 0.468 e. The maximum absolute atomic E-state index is 13.4. The van der Waals surface area contributed by atoms with Crippen LogP contribution in [0, 0.1) is 0 Å². The molecule has 0 radical (unpaired) electrons. The highest BCUT2D eigenvalue weighted by Crippen LogP contribution is 2.29. The van der Waals surface area contributed by atoms with Gasteiger partial charge in [-0.05, 0) is 49.2 Å². The van der Waals surface area contributed by atoms with Crippen molar-refractivity contribution in [1.29, 1.82) is 0 Å². The Morgan fingerprint density at radius 2 is 1.93 bits per heavy atom. The van der Waals surface area contributed by atoms with Gasteiger partial charge in [0.25, 0.3) is 0 Å². The van der Waals surface area contributed by atoms with Crippen LogP contribution in [0.15, 0.2) is 52.0 Å². The Labute approximate surface area is 170 Å². The summed E-state index contributed by atoms with van der Waals surface area (Å²) in [5, 5.41) is 0. The normalized spacial score (nSPS) is 21.9. The van der Waals surface area contributed by atoms with Crippen molar-refractivity contribution in [2.45, 2.75) is 36.7 Å². The summed E-state index contributed by atoms with van der Waals surface area (Å²) in [5.74, 6) is 0.235. The number of benzene rings is 1. The summed E-state index contributed by atoms with van der Waals surface area (Å²) in [6, 6.07) is 8.85. The maximum Gasteiger partial charge on any atom is 0.243 e. The molecule has 2 aromatic rings. The van der Waals surface area contributed by atoms with E-state index in [2.05, 4.69) is 0 Å². The Morgan fingerprint density at radius 1 is 1.17 bits per heavy atom. The summed E-state index contributed by atoms with van der Waals surface area (Å²) < 4.78 is 57.1. The van der Waals surface area contributed by atoms with Crippen LogP contribution in [0.5, 0.6) is 0 Å². The molecule has 2 saturated heterocycles. The molecular formula is C19H22N2O6S2. The number of anilines is 1. The summed E-state index contributed by atoms with van der Waals surface area (Å²) in [5.41, 5.74) is 0.660. The van der Waals surface area contributed by atoms with Crippen molar-refractivity contribution in [2.24, 2.45) is 0 Å². The van der Waals surface area contributed by atoms with Crippen LogP contribution in [-0.2, 0) is 31.2 Å². The zero-order valence-corrected chi connectivity index (χ0v) is 17.4. The lowest BCUT2D eigenvalue weighted by molar-refractivity contribution is -0.117. The molecule has 29 heavy (non-hydrogen) atoms. The molecule has 4 rings (SSSR count). The molecule has 1 aromatic carbocycles. The fraction of sp³-hybridized carbons (Fsp3) is 0.421. The standard InChI is InChI=1S/C19H22N2O6S2/c22-19-4-1-10-20(19)15-5-7-18(8-6-15)29(25,26)21(13-17-3-2-11-27-17)16-9-12-28(23,24)14-16/h2-3,5-8,11,16H,1,4,9-10,12-14H2/t16-/m0/s1. The molecule has 0 spiro atoms. The topological polar surface area (TPSA) is 105 Å². The van der Waals surface area contributed by atoms with Gasteiger partial charge in [0, 0.05) is 24.7 Å². The fourth-order valence-electron chi connectivity index (χ4n) is 3.82. The number of hydrogen-bond acceptors (Lipinski definition) is 6. The number of nitrogens with zero attached hydrogens (tertiary/aromatic N) is 2. The molecule has 2 aliphatic rings. The summed E-state index contributed by atoms with van der Waals surface area (Å²) in [6.45, 7) is 0.581. The molecule has 3 heterocycles. The number of hydrogen-bond donors (Lipinski definition) is 0. The second kappa shape index (κ2) is 7.58. The first kappa shape index (κ1) is 20.1. The van der Waals surface area contributed by atoms with Crippen LogP contribution >= 0.6 is 0 Å². The predicted molar refractivity (Wildman–Crippen MR) is 107 cm³/mol. The van der Waals surface area contributed by atoms with Gasteiger partial charge in [-0.15, -0.1) is 0 Å². The maximum atomic E-state index is 13.4. The van der Waals surface area contributed by atoms with Crippen LogP contribution in [0.4, 0.5) is 5.69 Å². The van der Waals surface area contributed by atoms with Crippen LogP contribution in [0.3, 0.4) is 0 Å². The molecule has 0 saturated carbocycles. The van der Waals surface area contributed by atoms with Gasteiger partial charge < -0.3 is 9.32 Å². The van der Waals surface area contributed by atoms with Gasteiger partial charge in [0.15, 0.2) is 9.84 Å². The van der Waals surface area contributed by atoms with E-state index in [0.717, 1.165) is 6.42 Å². The van der Waals surface area contributed by atoms with E-state index in [1.165, 1.54) is 22.7 Å². The van der Waals surface area contributed by atoms with Crippen LogP contribution in [-0.4, -0.2) is 51.1 Å². The van der Waals surface area contributed by atoms with Crippen molar-refractivity contribution < 1.29 is 26.0 Å². The van der Waals surface area contributed by atoms with Crippen molar-refractivity contribution in [3.05, 3.63) is 48.4 Å². The van der Waals surface area contributed by atoms with Gasteiger partial charge in [0.2, 0.25) is 15.9 Å². The minimum atomic E-state index is -3.96. The molecule has 156 valence electrons. The highest BCUT2D eigenvalue weighted by Gasteiger charge is 2.39. The van der Waals surface area contributed by atoms with E-state index < -0.39 is 25.9 Å². The van der Waals surface area contributed by atoms with E-state index in [-0.39, 0.29) is 35.3 Å². The molecule has 8 nitrogen and oxygen atoms in total. The third-order valence-electron chi connectivity index (χ3n) is 5.34. The Bertz CT molecular complexity index is 1090. The first-order valence-corrected chi connectivity index (χ1v) is 12.7. The summed E-state index contributed by atoms with van der Waals surface area (Å²) in [6.07, 6.45) is 2.98. The number of carbonyl (C=O) groups excluding carboxylic acids is 1. The summed E-state index contributed by atoms with van der Waals surface area (Å²) in [7, 11) is -7.23. The van der Waals surface area contributed by atoms with Crippen molar-refractivity contribution in [2.75, 3.05) is 23.0 Å². The number of sulfone groups is 1. The summed E-state index contributed by atoms with van der Waals surface area (Å²) in [4.78, 5) is 13.6. The molecule has 2 aliphatic heterocycles. The van der Waals surface area contributed by atoms with Gasteiger partial charge in [0.05, 0.1) is 29.2 Å². The van der Waals surface area contributed by atoms with Crippen molar-refractivity contribution >= 4 is 31.5 Å². The highest BCUT2D eigenvalue weighted by molar-refractivity contribution is 7.92. The molecular weight excluding hydrogens is 416 g/mol. The lowest BCUT2D eigenvalue weighted by Crippen LogP contribution is -2.40. The predicted octanol–water partition coefficient (Wildman–Crippen LogP) is 1.78. The van der Waals surface area contributed by atoms with Gasteiger partial charge in [-0.25, -0.2) is 16.8 Å². The number of sulfonamides is 1. The molecule has 0 aliphatic carbocycles. The second-order valence-electron chi connectivity index (χ2n) is 7.33. The molecule has 0 bridgehead atoms. The number of amides is 1. The molecule has 1 amide bonds. The van der Waals surface area contributed by atoms with E-state index >= 15 is 0 Å². The van der Waals surface area contributed by atoms with Crippen molar-refractivity contribution in [3.8, 4) is 0 Å². The average Bonchev–Trinajstić information content (AvgIpc) is 3.41. The average molecular weight is 439 g/mol. The number of furan rings is 1. The van der Waals surface area contributed by atoms with Crippen LogP contribution in [0.1, 0.15) is 25.0 Å². The Hall–Kier alpha value is -2.17. The van der Waals surface area contributed by atoms with Gasteiger partial charge in [-0.3, -0.25) is 4.79 Å². The van der Waals surface area contributed by atoms with E-state index in [1.54, 1.807) is 29.2 Å². The minimum absolute atomic E-state index is 0.0243. The minimum Gasteiger partial charge on any atom is -0.468 e. The molecule has 2 fully saturated rings.